The van der Waals surface area contributed by atoms with Gasteiger partial charge in [-0.25, -0.2) is 4.98 Å². The summed E-state index contributed by atoms with van der Waals surface area (Å²) < 4.78 is 8.32. The van der Waals surface area contributed by atoms with E-state index in [9.17, 15) is 0 Å². The lowest BCUT2D eigenvalue weighted by Crippen LogP contribution is -1.99. The Labute approximate surface area is 112 Å². The van der Waals surface area contributed by atoms with Crippen molar-refractivity contribution in [1.82, 2.24) is 19.6 Å². The van der Waals surface area contributed by atoms with Crippen LogP contribution in [-0.4, -0.2) is 19.6 Å². The van der Waals surface area contributed by atoms with E-state index in [0.29, 0.717) is 11.7 Å². The van der Waals surface area contributed by atoms with Crippen LogP contribution in [-0.2, 0) is 0 Å². The summed E-state index contributed by atoms with van der Waals surface area (Å²) in [5, 5.41) is 4.08. The summed E-state index contributed by atoms with van der Waals surface area (Å²) in [7, 11) is 0. The number of ether oxygens (including phenoxy) is 1. The zero-order valence-corrected chi connectivity index (χ0v) is 11.1. The van der Waals surface area contributed by atoms with Crippen LogP contribution in [0.25, 0.3) is 5.78 Å². The van der Waals surface area contributed by atoms with E-state index < -0.39 is 0 Å². The number of hydrogen-bond acceptors (Lipinski definition) is 4. The lowest BCUT2D eigenvalue weighted by Gasteiger charge is -2.07. The van der Waals surface area contributed by atoms with Crippen LogP contribution in [0, 0.1) is 6.92 Å². The normalized spacial score (nSPS) is 10.8. The average Bonchev–Trinajstić information content (AvgIpc) is 2.77. The van der Waals surface area contributed by atoms with Gasteiger partial charge in [0.05, 0.1) is 0 Å². The van der Waals surface area contributed by atoms with Crippen molar-refractivity contribution in [3.8, 4) is 11.6 Å². The maximum atomic E-state index is 5.80. The fraction of sp³-hybridized carbons (Fsp3) is 0.0833. The second-order valence-corrected chi connectivity index (χ2v) is 4.68. The van der Waals surface area contributed by atoms with Crippen molar-refractivity contribution in [2.45, 2.75) is 6.92 Å². The second kappa shape index (κ2) is 4.38. The van der Waals surface area contributed by atoms with E-state index in [1.807, 2.05) is 37.3 Å². The van der Waals surface area contributed by atoms with Crippen LogP contribution >= 0.6 is 15.9 Å². The molecule has 18 heavy (non-hydrogen) atoms. The lowest BCUT2D eigenvalue weighted by molar-refractivity contribution is 0.445. The van der Waals surface area contributed by atoms with Gasteiger partial charge in [-0.15, -0.1) is 0 Å². The predicted octanol–water partition coefficient (Wildman–Crippen LogP) is 2.99. The maximum absolute atomic E-state index is 5.80. The van der Waals surface area contributed by atoms with E-state index >= 15 is 0 Å². The molecule has 6 heteroatoms. The van der Waals surface area contributed by atoms with Crippen molar-refractivity contribution < 1.29 is 4.74 Å². The van der Waals surface area contributed by atoms with Crippen LogP contribution in [0.3, 0.4) is 0 Å². The Morgan fingerprint density at radius 1 is 1.28 bits per heavy atom. The van der Waals surface area contributed by atoms with E-state index in [0.717, 1.165) is 15.9 Å². The summed E-state index contributed by atoms with van der Waals surface area (Å²) in [6.07, 6.45) is 1.45. The van der Waals surface area contributed by atoms with Gasteiger partial charge in [0.1, 0.15) is 12.1 Å². The molecule has 0 aliphatic carbocycles. The van der Waals surface area contributed by atoms with E-state index in [1.165, 1.54) is 6.33 Å². The molecular weight excluding hydrogens is 296 g/mol. The molecule has 0 atom stereocenters. The third kappa shape index (κ3) is 2.06. The van der Waals surface area contributed by atoms with Gasteiger partial charge in [0.2, 0.25) is 5.88 Å². The minimum Gasteiger partial charge on any atom is -0.439 e. The minimum absolute atomic E-state index is 0.528. The van der Waals surface area contributed by atoms with Gasteiger partial charge in [0, 0.05) is 16.2 Å². The number of benzene rings is 1. The molecule has 0 saturated heterocycles. The molecule has 1 aromatic carbocycles. The highest BCUT2D eigenvalue weighted by Gasteiger charge is 2.07. The smallest absolute Gasteiger partial charge is 0.255 e. The molecule has 0 aliphatic heterocycles. The van der Waals surface area contributed by atoms with Gasteiger partial charge in [0.15, 0.2) is 0 Å². The molecule has 0 spiro atoms. The number of hydrogen-bond donors (Lipinski definition) is 0. The molecule has 2 heterocycles. The first-order chi connectivity index (χ1) is 8.72. The molecule has 0 saturated carbocycles. The summed E-state index contributed by atoms with van der Waals surface area (Å²) in [6, 6.07) is 9.44. The van der Waals surface area contributed by atoms with Crippen molar-refractivity contribution in [2.24, 2.45) is 0 Å². The van der Waals surface area contributed by atoms with Crippen LogP contribution in [0.1, 0.15) is 5.69 Å². The fourth-order valence-corrected chi connectivity index (χ4v) is 2.00. The number of halogens is 1. The van der Waals surface area contributed by atoms with Crippen LogP contribution in [0.4, 0.5) is 0 Å². The minimum atomic E-state index is 0.528. The molecule has 3 rings (SSSR count). The van der Waals surface area contributed by atoms with E-state index in [4.69, 9.17) is 4.74 Å². The highest BCUT2D eigenvalue weighted by atomic mass is 79.9. The average molecular weight is 305 g/mol. The molecule has 0 fully saturated rings. The number of fused-ring (bicyclic) bond motifs is 1. The van der Waals surface area contributed by atoms with Gasteiger partial charge in [0.25, 0.3) is 5.78 Å². The second-order valence-electron chi connectivity index (χ2n) is 3.77. The molecule has 0 aliphatic rings. The topological polar surface area (TPSA) is 52.3 Å². The molecule has 0 radical (unpaired) electrons. The van der Waals surface area contributed by atoms with Gasteiger partial charge in [-0.2, -0.15) is 14.6 Å². The summed E-state index contributed by atoms with van der Waals surface area (Å²) in [6.45, 7) is 1.89. The molecule has 0 N–H and O–H groups in total. The first-order valence-electron chi connectivity index (χ1n) is 5.33. The highest BCUT2D eigenvalue weighted by molar-refractivity contribution is 9.10. The van der Waals surface area contributed by atoms with E-state index in [-0.39, 0.29) is 0 Å². The predicted molar refractivity (Wildman–Crippen MR) is 69.7 cm³/mol. The summed E-state index contributed by atoms with van der Waals surface area (Å²) in [5.41, 5.74) is 0.834. The first-order valence-corrected chi connectivity index (χ1v) is 6.12. The van der Waals surface area contributed by atoms with Crippen LogP contribution in [0.5, 0.6) is 11.6 Å². The largest absolute Gasteiger partial charge is 0.439 e. The SMILES string of the molecule is Cc1cc(Oc2cccc(Br)c2)n2ncnc2n1. The molecule has 90 valence electrons. The lowest BCUT2D eigenvalue weighted by atomic mass is 10.3. The third-order valence-corrected chi connectivity index (χ3v) is 2.86. The highest BCUT2D eigenvalue weighted by Crippen LogP contribution is 2.24. The van der Waals surface area contributed by atoms with E-state index in [2.05, 4.69) is 31.0 Å². The number of aromatic nitrogens is 4. The van der Waals surface area contributed by atoms with Crippen molar-refractivity contribution in [3.05, 3.63) is 46.8 Å². The van der Waals surface area contributed by atoms with Gasteiger partial charge in [-0.05, 0) is 25.1 Å². The molecule has 0 bridgehead atoms. The van der Waals surface area contributed by atoms with Gasteiger partial charge in [-0.3, -0.25) is 0 Å². The molecule has 2 aromatic heterocycles. The maximum Gasteiger partial charge on any atom is 0.255 e. The molecule has 0 unspecified atom stereocenters. The van der Waals surface area contributed by atoms with Crippen molar-refractivity contribution >= 4 is 21.7 Å². The Morgan fingerprint density at radius 3 is 3.00 bits per heavy atom. The first kappa shape index (κ1) is 11.2. The zero-order chi connectivity index (χ0) is 12.5. The quantitative estimate of drug-likeness (QED) is 0.730. The number of nitrogens with zero attached hydrogens (tertiary/aromatic N) is 4. The Hall–Kier alpha value is -1.95. The zero-order valence-electron chi connectivity index (χ0n) is 9.54. The van der Waals surface area contributed by atoms with Gasteiger partial charge in [-0.1, -0.05) is 22.0 Å². The van der Waals surface area contributed by atoms with Crippen LogP contribution in [0.2, 0.25) is 0 Å². The van der Waals surface area contributed by atoms with Crippen molar-refractivity contribution in [3.63, 3.8) is 0 Å². The Morgan fingerprint density at radius 2 is 2.17 bits per heavy atom. The van der Waals surface area contributed by atoms with Gasteiger partial charge < -0.3 is 4.74 Å². The molecule has 5 nitrogen and oxygen atoms in total. The fourth-order valence-electron chi connectivity index (χ4n) is 1.62. The number of aryl methyl sites for hydroxylation is 1. The van der Waals surface area contributed by atoms with Gasteiger partial charge >= 0.3 is 0 Å². The van der Waals surface area contributed by atoms with E-state index in [1.54, 1.807) is 4.52 Å². The molecule has 3 aromatic rings. The standard InChI is InChI=1S/C12H9BrN4O/c1-8-5-11(17-12(16-8)14-7-15-17)18-10-4-2-3-9(13)6-10/h2-7H,1H3. The van der Waals surface area contributed by atoms with Crippen molar-refractivity contribution in [1.29, 1.82) is 0 Å². The van der Waals surface area contributed by atoms with Crippen LogP contribution in [0.15, 0.2) is 41.1 Å². The summed E-state index contributed by atoms with van der Waals surface area (Å²) in [5.74, 6) is 1.85. The third-order valence-electron chi connectivity index (χ3n) is 2.37. The Balaban J connectivity index is 2.06. The molecule has 0 amide bonds. The van der Waals surface area contributed by atoms with Crippen LogP contribution < -0.4 is 4.74 Å². The molecular formula is C12H9BrN4O. The Bertz CT molecular complexity index is 710. The number of rotatable bonds is 2. The Kier molecular flexibility index (Phi) is 2.71. The summed E-state index contributed by atoms with van der Waals surface area (Å²) in [4.78, 5) is 8.31. The monoisotopic (exact) mass is 304 g/mol. The summed E-state index contributed by atoms with van der Waals surface area (Å²) >= 11 is 3.41. The van der Waals surface area contributed by atoms with Crippen molar-refractivity contribution in [2.75, 3.05) is 0 Å².